The predicted octanol–water partition coefficient (Wildman–Crippen LogP) is 3.18. The molecule has 0 spiro atoms. The third-order valence-electron chi connectivity index (χ3n) is 3.13. The van der Waals surface area contributed by atoms with Gasteiger partial charge in [0.2, 0.25) is 0 Å². The number of likely N-dealkylation sites (tertiary alicyclic amines) is 1. The van der Waals surface area contributed by atoms with Crippen LogP contribution in [-0.2, 0) is 4.79 Å². The molecule has 0 atom stereocenters. The van der Waals surface area contributed by atoms with Gasteiger partial charge in [-0.3, -0.25) is 4.79 Å². The lowest BCUT2D eigenvalue weighted by Crippen LogP contribution is -2.22. The molecule has 0 aromatic heterocycles. The van der Waals surface area contributed by atoms with Crippen LogP contribution in [0.15, 0.2) is 36.4 Å². The van der Waals surface area contributed by atoms with Crippen LogP contribution in [0.2, 0.25) is 0 Å². The third-order valence-corrected chi connectivity index (χ3v) is 3.13. The van der Waals surface area contributed by atoms with E-state index in [1.165, 1.54) is 12.8 Å². The molecule has 0 unspecified atom stereocenters. The fourth-order valence-corrected chi connectivity index (χ4v) is 2.11. The molecule has 3 heteroatoms. The summed E-state index contributed by atoms with van der Waals surface area (Å²) < 4.78 is 0. The fraction of sp³-hybridized carbons (Fsp3) is 0.400. The van der Waals surface area contributed by atoms with E-state index in [2.05, 4.69) is 4.90 Å². The van der Waals surface area contributed by atoms with Crippen LogP contribution in [0.25, 0.3) is 6.08 Å². The first-order valence-electron chi connectivity index (χ1n) is 6.33. The van der Waals surface area contributed by atoms with Crippen molar-refractivity contribution in [1.82, 2.24) is 4.90 Å². The Bertz CT molecular complexity index is 383. The van der Waals surface area contributed by atoms with Crippen molar-refractivity contribution in [3.8, 4) is 0 Å². The van der Waals surface area contributed by atoms with Crippen LogP contribution in [0, 0.1) is 0 Å². The summed E-state index contributed by atoms with van der Waals surface area (Å²) in [6.07, 6.45) is 6.81. The molecular weight excluding hydrogens is 246 g/mol. The molecule has 0 aliphatic carbocycles. The van der Waals surface area contributed by atoms with Crippen LogP contribution >= 0.6 is 12.4 Å². The third kappa shape index (κ3) is 5.03. The number of ketones is 1. The minimum absolute atomic E-state index is 0. The average Bonchev–Trinajstić information content (AvgIpc) is 2.88. The topological polar surface area (TPSA) is 20.3 Å². The van der Waals surface area contributed by atoms with Crippen molar-refractivity contribution in [3.63, 3.8) is 0 Å². The smallest absolute Gasteiger partial charge is 0.156 e. The highest BCUT2D eigenvalue weighted by atomic mass is 35.5. The van der Waals surface area contributed by atoms with E-state index >= 15 is 0 Å². The molecule has 0 radical (unpaired) electrons. The summed E-state index contributed by atoms with van der Waals surface area (Å²) in [5.74, 6) is 0.223. The van der Waals surface area contributed by atoms with Crippen molar-refractivity contribution in [3.05, 3.63) is 42.0 Å². The van der Waals surface area contributed by atoms with Gasteiger partial charge in [0.1, 0.15) is 0 Å². The average molecular weight is 266 g/mol. The van der Waals surface area contributed by atoms with Gasteiger partial charge < -0.3 is 4.90 Å². The Balaban J connectivity index is 0.00000162. The van der Waals surface area contributed by atoms with Crippen LogP contribution in [-0.4, -0.2) is 30.3 Å². The second kappa shape index (κ2) is 8.06. The van der Waals surface area contributed by atoms with E-state index in [1.807, 2.05) is 36.4 Å². The van der Waals surface area contributed by atoms with Gasteiger partial charge in [0.15, 0.2) is 5.78 Å². The van der Waals surface area contributed by atoms with Crippen LogP contribution in [0.4, 0.5) is 0 Å². The number of hydrogen-bond acceptors (Lipinski definition) is 2. The summed E-state index contributed by atoms with van der Waals surface area (Å²) >= 11 is 0. The van der Waals surface area contributed by atoms with Gasteiger partial charge >= 0.3 is 0 Å². The summed E-state index contributed by atoms with van der Waals surface area (Å²) in [4.78, 5) is 14.0. The summed E-state index contributed by atoms with van der Waals surface area (Å²) in [5, 5.41) is 0. The van der Waals surface area contributed by atoms with E-state index in [4.69, 9.17) is 0 Å². The van der Waals surface area contributed by atoms with E-state index in [0.29, 0.717) is 6.42 Å². The van der Waals surface area contributed by atoms with Gasteiger partial charge in [-0.25, -0.2) is 0 Å². The molecule has 2 nitrogen and oxygen atoms in total. The van der Waals surface area contributed by atoms with Crippen LogP contribution in [0.1, 0.15) is 24.8 Å². The van der Waals surface area contributed by atoms with Crippen molar-refractivity contribution in [2.24, 2.45) is 0 Å². The number of benzene rings is 1. The van der Waals surface area contributed by atoms with Gasteiger partial charge in [-0.2, -0.15) is 0 Å². The number of nitrogens with zero attached hydrogens (tertiary/aromatic N) is 1. The lowest BCUT2D eigenvalue weighted by atomic mass is 10.2. The first-order chi connectivity index (χ1) is 8.34. The molecule has 0 saturated carbocycles. The van der Waals surface area contributed by atoms with Crippen molar-refractivity contribution in [1.29, 1.82) is 0 Å². The molecule has 98 valence electrons. The fourth-order valence-electron chi connectivity index (χ4n) is 2.11. The Morgan fingerprint density at radius 1 is 1.17 bits per heavy atom. The van der Waals surface area contributed by atoms with Crippen molar-refractivity contribution in [2.75, 3.05) is 19.6 Å². The van der Waals surface area contributed by atoms with Gasteiger partial charge in [-0.15, -0.1) is 12.4 Å². The number of carbonyl (C=O) groups excluding carboxylic acids is 1. The van der Waals surface area contributed by atoms with Crippen molar-refractivity contribution in [2.45, 2.75) is 19.3 Å². The second-order valence-electron chi connectivity index (χ2n) is 4.51. The maximum absolute atomic E-state index is 11.7. The van der Waals surface area contributed by atoms with Gasteiger partial charge in [0.25, 0.3) is 0 Å². The Labute approximate surface area is 115 Å². The molecule has 1 fully saturated rings. The highest BCUT2D eigenvalue weighted by molar-refractivity contribution is 5.93. The first kappa shape index (κ1) is 14.9. The largest absolute Gasteiger partial charge is 0.303 e. The first-order valence-corrected chi connectivity index (χ1v) is 6.33. The van der Waals surface area contributed by atoms with Crippen LogP contribution in [0.3, 0.4) is 0 Å². The van der Waals surface area contributed by atoms with Gasteiger partial charge in [0, 0.05) is 13.0 Å². The van der Waals surface area contributed by atoms with E-state index in [9.17, 15) is 4.79 Å². The highest BCUT2D eigenvalue weighted by Crippen LogP contribution is 2.08. The minimum atomic E-state index is 0. The summed E-state index contributed by atoms with van der Waals surface area (Å²) in [6.45, 7) is 3.24. The normalized spacial score (nSPS) is 15.8. The Morgan fingerprint density at radius 3 is 2.50 bits per heavy atom. The second-order valence-corrected chi connectivity index (χ2v) is 4.51. The molecule has 2 rings (SSSR count). The lowest BCUT2D eigenvalue weighted by Gasteiger charge is -2.12. The molecule has 1 aromatic carbocycles. The van der Waals surface area contributed by atoms with Gasteiger partial charge in [-0.1, -0.05) is 36.4 Å². The molecule has 1 heterocycles. The number of allylic oxidation sites excluding steroid dienone is 1. The molecular formula is C15H20ClNO. The summed E-state index contributed by atoms with van der Waals surface area (Å²) in [5.41, 5.74) is 1.09. The number of hydrogen-bond donors (Lipinski definition) is 0. The number of rotatable bonds is 5. The standard InChI is InChI=1S/C15H19NO.ClH/c17-15(10-13-16-11-4-5-12-16)9-8-14-6-2-1-3-7-14;/h1-3,6-9H,4-5,10-13H2;1H. The summed E-state index contributed by atoms with van der Waals surface area (Å²) in [6, 6.07) is 9.95. The van der Waals surface area contributed by atoms with Crippen molar-refractivity contribution >= 4 is 24.3 Å². The molecule has 0 bridgehead atoms. The minimum Gasteiger partial charge on any atom is -0.303 e. The van der Waals surface area contributed by atoms with E-state index in [0.717, 1.165) is 25.2 Å². The zero-order chi connectivity index (χ0) is 11.9. The Kier molecular flexibility index (Phi) is 6.69. The molecule has 18 heavy (non-hydrogen) atoms. The number of halogens is 1. The number of carbonyl (C=O) groups is 1. The molecule has 1 saturated heterocycles. The zero-order valence-electron chi connectivity index (χ0n) is 10.5. The Hall–Kier alpha value is -1.12. The molecule has 1 aliphatic rings. The lowest BCUT2D eigenvalue weighted by molar-refractivity contribution is -0.114. The molecule has 1 aliphatic heterocycles. The van der Waals surface area contributed by atoms with E-state index in [-0.39, 0.29) is 18.2 Å². The monoisotopic (exact) mass is 265 g/mol. The van der Waals surface area contributed by atoms with Gasteiger partial charge in [0.05, 0.1) is 0 Å². The van der Waals surface area contributed by atoms with Crippen molar-refractivity contribution < 1.29 is 4.79 Å². The van der Waals surface area contributed by atoms with E-state index in [1.54, 1.807) is 6.08 Å². The van der Waals surface area contributed by atoms with E-state index < -0.39 is 0 Å². The Morgan fingerprint density at radius 2 is 1.83 bits per heavy atom. The highest BCUT2D eigenvalue weighted by Gasteiger charge is 2.11. The van der Waals surface area contributed by atoms with Gasteiger partial charge in [-0.05, 0) is 37.6 Å². The molecule has 1 aromatic rings. The SMILES string of the molecule is Cl.O=C(C=Cc1ccccc1)CCN1CCCC1. The van der Waals surface area contributed by atoms with Crippen LogP contribution in [0.5, 0.6) is 0 Å². The predicted molar refractivity (Wildman–Crippen MR) is 78.0 cm³/mol. The quantitative estimate of drug-likeness (QED) is 0.762. The zero-order valence-corrected chi connectivity index (χ0v) is 11.4. The molecule has 0 amide bonds. The summed E-state index contributed by atoms with van der Waals surface area (Å²) in [7, 11) is 0. The maximum Gasteiger partial charge on any atom is 0.156 e. The maximum atomic E-state index is 11.7. The van der Waals surface area contributed by atoms with Crippen LogP contribution < -0.4 is 0 Å². The molecule has 0 N–H and O–H groups in total.